The first-order valence-electron chi connectivity index (χ1n) is 10.5. The van der Waals surface area contributed by atoms with E-state index in [9.17, 15) is 8.42 Å². The minimum Gasteiger partial charge on any atom is -0.495 e. The molecule has 3 heterocycles. The molecule has 170 valence electrons. The number of ether oxygens (including phenoxy) is 1. The number of piperazine rings is 1. The summed E-state index contributed by atoms with van der Waals surface area (Å²) in [5.74, 6) is 0.477. The molecule has 2 unspecified atom stereocenters. The average molecular weight is 473 g/mol. The van der Waals surface area contributed by atoms with Gasteiger partial charge in [-0.1, -0.05) is 6.07 Å². The van der Waals surface area contributed by atoms with Crippen molar-refractivity contribution >= 4 is 32.7 Å². The van der Waals surface area contributed by atoms with Gasteiger partial charge in [0.25, 0.3) is 10.0 Å². The summed E-state index contributed by atoms with van der Waals surface area (Å²) in [7, 11) is -2.25. The molecule has 0 aliphatic carbocycles. The molecule has 0 bridgehead atoms. The molecule has 1 fully saturated rings. The van der Waals surface area contributed by atoms with Crippen LogP contribution in [0, 0.1) is 6.92 Å². The molecule has 32 heavy (non-hydrogen) atoms. The number of hydrogen-bond donors (Lipinski definition) is 2. The molecule has 1 aliphatic heterocycles. The van der Waals surface area contributed by atoms with Crippen molar-refractivity contribution in [2.24, 2.45) is 0 Å². The molecule has 1 aliphatic rings. The molecular weight excluding hydrogens is 444 g/mol. The molecule has 1 saturated heterocycles. The minimum absolute atomic E-state index is 0.229. The van der Waals surface area contributed by atoms with Crippen molar-refractivity contribution in [1.29, 1.82) is 0 Å². The van der Waals surface area contributed by atoms with Gasteiger partial charge in [0.05, 0.1) is 23.4 Å². The quantitative estimate of drug-likeness (QED) is 0.562. The zero-order valence-electron chi connectivity index (χ0n) is 18.6. The van der Waals surface area contributed by atoms with Crippen LogP contribution in [0.15, 0.2) is 52.7 Å². The fourth-order valence-electron chi connectivity index (χ4n) is 3.99. The number of anilines is 2. The Kier molecular flexibility index (Phi) is 6.41. The lowest BCUT2D eigenvalue weighted by molar-refractivity contribution is 0.406. The number of methoxy groups -OCH3 is 1. The number of hydrogen-bond acceptors (Lipinski definition) is 7. The monoisotopic (exact) mass is 472 g/mol. The number of benzene rings is 1. The van der Waals surface area contributed by atoms with Gasteiger partial charge in [0.2, 0.25) is 0 Å². The summed E-state index contributed by atoms with van der Waals surface area (Å²) in [6.07, 6.45) is 0. The number of nitrogens with zero attached hydrogens (tertiary/aromatic N) is 2. The summed E-state index contributed by atoms with van der Waals surface area (Å²) in [4.78, 5) is 7.55. The Morgan fingerprint density at radius 1 is 1.12 bits per heavy atom. The van der Waals surface area contributed by atoms with Crippen molar-refractivity contribution in [3.63, 3.8) is 0 Å². The van der Waals surface area contributed by atoms with Gasteiger partial charge in [-0.2, -0.15) is 0 Å². The highest BCUT2D eigenvalue weighted by atomic mass is 32.2. The highest BCUT2D eigenvalue weighted by molar-refractivity contribution is 7.94. The van der Waals surface area contributed by atoms with E-state index in [-0.39, 0.29) is 4.21 Å². The summed E-state index contributed by atoms with van der Waals surface area (Å²) in [6.45, 7) is 7.90. The van der Waals surface area contributed by atoms with Crippen LogP contribution < -0.4 is 19.7 Å². The first-order valence-corrected chi connectivity index (χ1v) is 12.8. The van der Waals surface area contributed by atoms with Crippen LogP contribution in [0.5, 0.6) is 5.75 Å². The molecule has 4 rings (SSSR count). The lowest BCUT2D eigenvalue weighted by Gasteiger charge is -2.38. The summed E-state index contributed by atoms with van der Waals surface area (Å²) in [6, 6.07) is 15.4. The molecule has 9 heteroatoms. The molecule has 1 aromatic carbocycles. The zero-order chi connectivity index (χ0) is 22.9. The van der Waals surface area contributed by atoms with E-state index in [1.165, 1.54) is 18.4 Å². The van der Waals surface area contributed by atoms with E-state index in [1.807, 2.05) is 37.3 Å². The van der Waals surface area contributed by atoms with Crippen LogP contribution in [0.3, 0.4) is 0 Å². The SMILES string of the molecule is COc1ccc(N2CC(C)NC(C)C2)cc1NS(=O)(=O)c1ccc(-c2cccc(C)n2)s1. The Labute approximate surface area is 193 Å². The lowest BCUT2D eigenvalue weighted by Crippen LogP contribution is -2.54. The van der Waals surface area contributed by atoms with Crippen molar-refractivity contribution in [3.05, 3.63) is 54.2 Å². The van der Waals surface area contributed by atoms with E-state index in [0.29, 0.717) is 23.5 Å². The van der Waals surface area contributed by atoms with Crippen LogP contribution in [0.4, 0.5) is 11.4 Å². The molecule has 2 aromatic heterocycles. The standard InChI is InChI=1S/C23H28N4O3S2/c1-15-6-5-7-19(25-15)22-10-11-23(31-22)32(28,29)26-20-12-18(8-9-21(20)30-4)27-13-16(2)24-17(3)14-27/h5-12,16-17,24,26H,13-14H2,1-4H3. The molecule has 0 radical (unpaired) electrons. The lowest BCUT2D eigenvalue weighted by atomic mass is 10.1. The number of aromatic nitrogens is 1. The summed E-state index contributed by atoms with van der Waals surface area (Å²) < 4.78 is 34.7. The molecular formula is C23H28N4O3S2. The molecule has 0 saturated carbocycles. The van der Waals surface area contributed by atoms with E-state index in [2.05, 4.69) is 33.8 Å². The highest BCUT2D eigenvalue weighted by Crippen LogP contribution is 2.35. The molecule has 2 N–H and O–H groups in total. The van der Waals surface area contributed by atoms with Crippen LogP contribution in [0.25, 0.3) is 10.6 Å². The van der Waals surface area contributed by atoms with E-state index < -0.39 is 10.0 Å². The first-order chi connectivity index (χ1) is 15.2. The predicted octanol–water partition coefficient (Wildman–Crippen LogP) is 4.11. The van der Waals surface area contributed by atoms with Gasteiger partial charge in [0.1, 0.15) is 9.96 Å². The van der Waals surface area contributed by atoms with E-state index in [4.69, 9.17) is 4.74 Å². The van der Waals surface area contributed by atoms with Gasteiger partial charge in [-0.3, -0.25) is 9.71 Å². The third-order valence-corrected chi connectivity index (χ3v) is 8.30. The normalized spacial score (nSPS) is 19.1. The number of rotatable bonds is 6. The second-order valence-electron chi connectivity index (χ2n) is 8.15. The van der Waals surface area contributed by atoms with Crippen LogP contribution in [0.2, 0.25) is 0 Å². The molecule has 0 spiro atoms. The van der Waals surface area contributed by atoms with Gasteiger partial charge in [-0.05, 0) is 63.2 Å². The van der Waals surface area contributed by atoms with Crippen molar-refractivity contribution in [2.45, 2.75) is 37.1 Å². The summed E-state index contributed by atoms with van der Waals surface area (Å²) >= 11 is 1.19. The molecule has 3 aromatic rings. The van der Waals surface area contributed by atoms with Crippen molar-refractivity contribution in [3.8, 4) is 16.3 Å². The van der Waals surface area contributed by atoms with E-state index in [1.54, 1.807) is 18.2 Å². The maximum atomic E-state index is 13.2. The van der Waals surface area contributed by atoms with E-state index in [0.717, 1.165) is 35.0 Å². The van der Waals surface area contributed by atoms with Crippen molar-refractivity contribution < 1.29 is 13.2 Å². The molecule has 2 atom stereocenters. The number of nitrogens with one attached hydrogen (secondary N) is 2. The van der Waals surface area contributed by atoms with Gasteiger partial charge in [-0.15, -0.1) is 11.3 Å². The van der Waals surface area contributed by atoms with Gasteiger partial charge in [0.15, 0.2) is 0 Å². The predicted molar refractivity (Wildman–Crippen MR) is 130 cm³/mol. The third-order valence-electron chi connectivity index (χ3n) is 5.34. The smallest absolute Gasteiger partial charge is 0.271 e. The fraction of sp³-hybridized carbons (Fsp3) is 0.348. The molecule has 7 nitrogen and oxygen atoms in total. The second kappa shape index (κ2) is 9.09. The minimum atomic E-state index is -3.78. The fourth-order valence-corrected chi connectivity index (χ4v) is 6.32. The Morgan fingerprint density at radius 2 is 1.88 bits per heavy atom. The van der Waals surface area contributed by atoms with Crippen LogP contribution in [0.1, 0.15) is 19.5 Å². The van der Waals surface area contributed by atoms with Crippen molar-refractivity contribution in [2.75, 3.05) is 29.8 Å². The Balaban J connectivity index is 1.61. The highest BCUT2D eigenvalue weighted by Gasteiger charge is 2.24. The Morgan fingerprint density at radius 3 is 2.56 bits per heavy atom. The van der Waals surface area contributed by atoms with Gasteiger partial charge >= 0.3 is 0 Å². The van der Waals surface area contributed by atoms with Crippen LogP contribution in [-0.2, 0) is 10.0 Å². The summed E-state index contributed by atoms with van der Waals surface area (Å²) in [5.41, 5.74) is 3.03. The van der Waals surface area contributed by atoms with Gasteiger partial charge < -0.3 is 15.0 Å². The Bertz CT molecular complexity index is 1200. The summed E-state index contributed by atoms with van der Waals surface area (Å²) in [5, 5.41) is 3.51. The van der Waals surface area contributed by atoms with Crippen LogP contribution >= 0.6 is 11.3 Å². The molecule has 0 amide bonds. The maximum Gasteiger partial charge on any atom is 0.271 e. The van der Waals surface area contributed by atoms with E-state index >= 15 is 0 Å². The number of thiophene rings is 1. The largest absolute Gasteiger partial charge is 0.495 e. The first kappa shape index (κ1) is 22.6. The number of aryl methyl sites for hydroxylation is 1. The van der Waals surface area contributed by atoms with Crippen molar-refractivity contribution in [1.82, 2.24) is 10.3 Å². The number of sulfonamides is 1. The topological polar surface area (TPSA) is 83.6 Å². The van der Waals surface area contributed by atoms with Gasteiger partial charge in [-0.25, -0.2) is 8.42 Å². The number of pyridine rings is 1. The van der Waals surface area contributed by atoms with Crippen LogP contribution in [-0.4, -0.2) is 45.7 Å². The zero-order valence-corrected chi connectivity index (χ0v) is 20.3. The Hall–Kier alpha value is -2.62. The third kappa shape index (κ3) is 4.90. The maximum absolute atomic E-state index is 13.2. The second-order valence-corrected chi connectivity index (χ2v) is 11.1. The average Bonchev–Trinajstić information content (AvgIpc) is 3.24. The van der Waals surface area contributed by atoms with Gasteiger partial charge in [0, 0.05) is 36.6 Å².